The number of nitrogens with one attached hydrogen (secondary N) is 1. The van der Waals surface area contributed by atoms with Gasteiger partial charge in [0.25, 0.3) is 0 Å². The number of hydrogen-bond acceptors (Lipinski definition) is 3. The Hall–Kier alpha value is -0.820. The fourth-order valence-corrected chi connectivity index (χ4v) is 2.24. The van der Waals surface area contributed by atoms with E-state index in [1.165, 1.54) is 0 Å². The summed E-state index contributed by atoms with van der Waals surface area (Å²) < 4.78 is 43.5. The predicted octanol–water partition coefficient (Wildman–Crippen LogP) is 0.953. The molecule has 1 saturated carbocycles. The maximum Gasteiger partial charge on any atom is 0.411 e. The number of ether oxygens (including phenoxy) is 1. The van der Waals surface area contributed by atoms with Crippen molar-refractivity contribution < 1.29 is 22.7 Å². The zero-order valence-corrected chi connectivity index (χ0v) is 9.98. The molecule has 2 aliphatic rings. The molecule has 0 bridgehead atoms. The van der Waals surface area contributed by atoms with Gasteiger partial charge in [-0.1, -0.05) is 0 Å². The monoisotopic (exact) mass is 266 g/mol. The van der Waals surface area contributed by atoms with Crippen molar-refractivity contribution in [2.75, 3.05) is 19.8 Å². The summed E-state index contributed by atoms with van der Waals surface area (Å²) in [5.74, 6) is -0.580. The van der Waals surface area contributed by atoms with Crippen LogP contribution in [-0.2, 0) is 9.53 Å². The summed E-state index contributed by atoms with van der Waals surface area (Å²) in [5.41, 5.74) is 2.68. The van der Waals surface area contributed by atoms with Crippen molar-refractivity contribution in [3.63, 3.8) is 0 Å². The Balaban J connectivity index is 2.07. The Kier molecular flexibility index (Phi) is 3.31. The SMILES string of the molecule is NCC1(C(=O)NC2(C(F)(F)F)CC2)CCOCC1. The molecule has 7 heteroatoms. The normalized spacial score (nSPS) is 25.6. The number of carbonyl (C=O) groups is 1. The van der Waals surface area contributed by atoms with Crippen LogP contribution in [0.4, 0.5) is 13.2 Å². The molecule has 1 heterocycles. The van der Waals surface area contributed by atoms with Gasteiger partial charge in [-0.3, -0.25) is 4.79 Å². The first-order valence-electron chi connectivity index (χ1n) is 6.02. The van der Waals surface area contributed by atoms with Crippen molar-refractivity contribution >= 4 is 5.91 Å². The molecular formula is C11H17F3N2O2. The van der Waals surface area contributed by atoms with Crippen LogP contribution in [0.5, 0.6) is 0 Å². The maximum absolute atomic E-state index is 12.8. The van der Waals surface area contributed by atoms with Gasteiger partial charge in [-0.25, -0.2) is 0 Å². The highest BCUT2D eigenvalue weighted by Gasteiger charge is 2.65. The molecule has 0 atom stereocenters. The van der Waals surface area contributed by atoms with Crippen molar-refractivity contribution in [2.45, 2.75) is 37.4 Å². The fraction of sp³-hybridized carbons (Fsp3) is 0.909. The molecule has 1 saturated heterocycles. The Morgan fingerprint density at radius 1 is 1.22 bits per heavy atom. The maximum atomic E-state index is 12.8. The minimum atomic E-state index is -4.39. The highest BCUT2D eigenvalue weighted by atomic mass is 19.4. The lowest BCUT2D eigenvalue weighted by molar-refractivity contribution is -0.174. The van der Waals surface area contributed by atoms with E-state index in [2.05, 4.69) is 5.32 Å². The smallest absolute Gasteiger partial charge is 0.381 e. The van der Waals surface area contributed by atoms with Gasteiger partial charge in [-0.15, -0.1) is 0 Å². The lowest BCUT2D eigenvalue weighted by Gasteiger charge is -2.36. The third-order valence-electron chi connectivity index (χ3n) is 3.97. The van der Waals surface area contributed by atoms with Gasteiger partial charge >= 0.3 is 6.18 Å². The molecule has 1 aliphatic carbocycles. The third kappa shape index (κ3) is 2.21. The summed E-state index contributed by atoms with van der Waals surface area (Å²) in [5, 5.41) is 2.17. The lowest BCUT2D eigenvalue weighted by atomic mass is 9.79. The molecule has 2 rings (SSSR count). The average Bonchev–Trinajstić information content (AvgIpc) is 3.10. The van der Waals surface area contributed by atoms with E-state index < -0.39 is 23.0 Å². The molecule has 2 fully saturated rings. The van der Waals surface area contributed by atoms with E-state index in [0.29, 0.717) is 26.1 Å². The van der Waals surface area contributed by atoms with Gasteiger partial charge in [0, 0.05) is 19.8 Å². The van der Waals surface area contributed by atoms with Crippen LogP contribution in [0.3, 0.4) is 0 Å². The molecule has 1 amide bonds. The van der Waals surface area contributed by atoms with Gasteiger partial charge < -0.3 is 15.8 Å². The molecule has 0 aromatic rings. The second kappa shape index (κ2) is 4.38. The molecule has 0 unspecified atom stereocenters. The van der Waals surface area contributed by atoms with Crippen LogP contribution >= 0.6 is 0 Å². The van der Waals surface area contributed by atoms with Gasteiger partial charge in [-0.2, -0.15) is 13.2 Å². The van der Waals surface area contributed by atoms with E-state index in [1.54, 1.807) is 0 Å². The van der Waals surface area contributed by atoms with Crippen LogP contribution in [-0.4, -0.2) is 37.4 Å². The van der Waals surface area contributed by atoms with E-state index in [4.69, 9.17) is 10.5 Å². The minimum absolute atomic E-state index is 0.0423. The number of carbonyl (C=O) groups excluding carboxylic acids is 1. The predicted molar refractivity (Wildman–Crippen MR) is 57.7 cm³/mol. The third-order valence-corrected chi connectivity index (χ3v) is 3.97. The number of alkyl halides is 3. The van der Waals surface area contributed by atoms with Crippen molar-refractivity contribution in [2.24, 2.45) is 11.1 Å². The number of hydrogen-bond donors (Lipinski definition) is 2. The van der Waals surface area contributed by atoms with E-state index in [0.717, 1.165) is 0 Å². The molecule has 0 aromatic carbocycles. The summed E-state index contributed by atoms with van der Waals surface area (Å²) in [6, 6.07) is 0. The fourth-order valence-electron chi connectivity index (χ4n) is 2.24. The molecule has 0 radical (unpaired) electrons. The van der Waals surface area contributed by atoms with E-state index in [9.17, 15) is 18.0 Å². The van der Waals surface area contributed by atoms with Gasteiger partial charge in [0.05, 0.1) is 5.41 Å². The first kappa shape index (κ1) is 13.6. The van der Waals surface area contributed by atoms with Gasteiger partial charge in [0.2, 0.25) is 5.91 Å². The number of amides is 1. The summed E-state index contributed by atoms with van der Waals surface area (Å²) in [4.78, 5) is 12.1. The topological polar surface area (TPSA) is 64.4 Å². The lowest BCUT2D eigenvalue weighted by Crippen LogP contribution is -2.56. The standard InChI is InChI=1S/C11H17F3N2O2/c12-11(13,14)10(1-2-10)16-8(17)9(7-15)3-5-18-6-4-9/h1-7,15H2,(H,16,17). The Morgan fingerprint density at radius 2 is 1.78 bits per heavy atom. The zero-order valence-electron chi connectivity index (χ0n) is 9.98. The van der Waals surface area contributed by atoms with Gasteiger partial charge in [-0.05, 0) is 25.7 Å². The van der Waals surface area contributed by atoms with Crippen LogP contribution in [0.1, 0.15) is 25.7 Å². The van der Waals surface area contributed by atoms with E-state index >= 15 is 0 Å². The largest absolute Gasteiger partial charge is 0.411 e. The van der Waals surface area contributed by atoms with Crippen molar-refractivity contribution in [3.8, 4) is 0 Å². The average molecular weight is 266 g/mol. The molecule has 18 heavy (non-hydrogen) atoms. The first-order valence-corrected chi connectivity index (χ1v) is 6.02. The summed E-state index contributed by atoms with van der Waals surface area (Å²) >= 11 is 0. The summed E-state index contributed by atoms with van der Waals surface area (Å²) in [6.45, 7) is 0.781. The van der Waals surface area contributed by atoms with E-state index in [1.807, 2.05) is 0 Å². The van der Waals surface area contributed by atoms with Crippen LogP contribution in [0.25, 0.3) is 0 Å². The molecule has 0 spiro atoms. The Bertz CT molecular complexity index is 334. The Labute approximate surface area is 103 Å². The van der Waals surface area contributed by atoms with Crippen LogP contribution in [0, 0.1) is 5.41 Å². The molecule has 4 nitrogen and oxygen atoms in total. The molecule has 1 aliphatic heterocycles. The van der Waals surface area contributed by atoms with Crippen molar-refractivity contribution in [1.29, 1.82) is 0 Å². The number of halogens is 3. The Morgan fingerprint density at radius 3 is 2.17 bits per heavy atom. The number of rotatable bonds is 3. The highest BCUT2D eigenvalue weighted by Crippen LogP contribution is 2.49. The summed E-state index contributed by atoms with van der Waals surface area (Å²) in [7, 11) is 0. The quantitative estimate of drug-likeness (QED) is 0.799. The van der Waals surface area contributed by atoms with Gasteiger partial charge in [0.15, 0.2) is 0 Å². The second-order valence-corrected chi connectivity index (χ2v) is 5.13. The minimum Gasteiger partial charge on any atom is -0.381 e. The molecule has 3 N–H and O–H groups in total. The van der Waals surface area contributed by atoms with Crippen LogP contribution in [0.15, 0.2) is 0 Å². The molecule has 104 valence electrons. The second-order valence-electron chi connectivity index (χ2n) is 5.13. The zero-order chi connectivity index (χ0) is 13.4. The highest BCUT2D eigenvalue weighted by molar-refractivity contribution is 5.84. The first-order chi connectivity index (χ1) is 8.35. The van der Waals surface area contributed by atoms with Crippen LogP contribution < -0.4 is 11.1 Å². The molecular weight excluding hydrogens is 249 g/mol. The van der Waals surface area contributed by atoms with Crippen molar-refractivity contribution in [3.05, 3.63) is 0 Å². The van der Waals surface area contributed by atoms with Gasteiger partial charge in [0.1, 0.15) is 5.54 Å². The van der Waals surface area contributed by atoms with Crippen LogP contribution in [0.2, 0.25) is 0 Å². The molecule has 0 aromatic heterocycles. The van der Waals surface area contributed by atoms with Crippen molar-refractivity contribution in [1.82, 2.24) is 5.32 Å². The summed E-state index contributed by atoms with van der Waals surface area (Å²) in [6.07, 6.45) is -3.71. The number of nitrogens with two attached hydrogens (primary N) is 1. The van der Waals surface area contributed by atoms with E-state index in [-0.39, 0.29) is 19.4 Å².